The second kappa shape index (κ2) is 10.1. The molecule has 0 saturated heterocycles. The number of halogens is 4. The number of carbonyl (C=O) groups is 1. The van der Waals surface area contributed by atoms with Gasteiger partial charge in [0.05, 0.1) is 16.6 Å². The minimum Gasteiger partial charge on any atom is -0.377 e. The van der Waals surface area contributed by atoms with Gasteiger partial charge in [-0.15, -0.1) is 0 Å². The van der Waals surface area contributed by atoms with Crippen LogP contribution in [0.25, 0.3) is 10.9 Å². The number of anilines is 2. The van der Waals surface area contributed by atoms with E-state index >= 15 is 0 Å². The van der Waals surface area contributed by atoms with Gasteiger partial charge in [-0.25, -0.2) is 9.37 Å². The summed E-state index contributed by atoms with van der Waals surface area (Å²) in [5, 5.41) is 7.22. The van der Waals surface area contributed by atoms with E-state index in [1.807, 2.05) is 44.4 Å². The van der Waals surface area contributed by atoms with Crippen molar-refractivity contribution in [3.05, 3.63) is 65.5 Å². The van der Waals surface area contributed by atoms with E-state index in [1.165, 1.54) is 0 Å². The lowest BCUT2D eigenvalue weighted by atomic mass is 9.86. The molecule has 1 saturated carbocycles. The Morgan fingerprint density at radius 3 is 2.46 bits per heavy atom. The number of nitrogens with zero attached hydrogens (tertiary/aromatic N) is 2. The van der Waals surface area contributed by atoms with Crippen LogP contribution in [0.3, 0.4) is 0 Å². The first-order valence-corrected chi connectivity index (χ1v) is 11.6. The third-order valence-corrected chi connectivity index (χ3v) is 6.46. The first-order chi connectivity index (χ1) is 16.6. The predicted octanol–water partition coefficient (Wildman–Crippen LogP) is 5.86. The molecule has 1 amide bonds. The molecule has 0 bridgehead atoms. The fraction of sp³-hybridized carbons (Fsp3) is 0.385. The number of nitrogens with one attached hydrogen (secondary N) is 2. The molecular weight excluding hydrogens is 460 g/mol. The lowest BCUT2D eigenvalue weighted by molar-refractivity contribution is -0.137. The number of aromatic nitrogens is 1. The smallest absolute Gasteiger partial charge is 0.377 e. The van der Waals surface area contributed by atoms with Gasteiger partial charge in [0.25, 0.3) is 5.91 Å². The molecule has 1 fully saturated rings. The lowest BCUT2D eigenvalue weighted by Crippen LogP contribution is -2.34. The Balaban J connectivity index is 1.33. The molecule has 0 radical (unpaired) electrons. The lowest BCUT2D eigenvalue weighted by Gasteiger charge is -2.30. The van der Waals surface area contributed by atoms with E-state index in [0.29, 0.717) is 24.7 Å². The van der Waals surface area contributed by atoms with E-state index in [4.69, 9.17) is 4.98 Å². The number of pyridine rings is 1. The summed E-state index contributed by atoms with van der Waals surface area (Å²) in [5.74, 6) is -0.814. The molecule has 3 aromatic rings. The van der Waals surface area contributed by atoms with Gasteiger partial charge in [0.1, 0.15) is 11.6 Å². The average Bonchev–Trinajstić information content (AvgIpc) is 2.82. The molecule has 1 aliphatic carbocycles. The Kier molecular flexibility index (Phi) is 7.14. The first-order valence-electron chi connectivity index (χ1n) is 11.6. The normalized spacial score (nSPS) is 18.3. The number of alkyl halides is 3. The van der Waals surface area contributed by atoms with E-state index in [9.17, 15) is 22.4 Å². The zero-order valence-corrected chi connectivity index (χ0v) is 19.6. The zero-order valence-electron chi connectivity index (χ0n) is 19.6. The summed E-state index contributed by atoms with van der Waals surface area (Å²) < 4.78 is 52.7. The molecule has 1 aromatic heterocycles. The standard InChI is InChI=1S/C26H28F4N4O/c1-34(2)23-14-24(33-22-6-4-3-5-19(22)23)32-18-10-7-16(8-11-18)15-31-25(35)20-13-17(26(28,29)30)9-12-21(20)27/h3-6,9,12-14,16,18H,7-8,10-11,15H2,1-2H3,(H,31,35)(H,32,33). The fourth-order valence-corrected chi connectivity index (χ4v) is 4.53. The highest BCUT2D eigenvalue weighted by molar-refractivity contribution is 5.95. The second-order valence-electron chi connectivity index (χ2n) is 9.20. The Morgan fingerprint density at radius 1 is 1.06 bits per heavy atom. The second-order valence-corrected chi connectivity index (χ2v) is 9.20. The van der Waals surface area contributed by atoms with Gasteiger partial charge in [-0.3, -0.25) is 4.79 Å². The van der Waals surface area contributed by atoms with Crippen LogP contribution in [-0.2, 0) is 6.18 Å². The molecule has 0 spiro atoms. The van der Waals surface area contributed by atoms with Crippen LogP contribution in [0.15, 0.2) is 48.5 Å². The van der Waals surface area contributed by atoms with Crippen molar-refractivity contribution in [2.24, 2.45) is 5.92 Å². The molecule has 1 heterocycles. The van der Waals surface area contributed by atoms with Crippen molar-refractivity contribution < 1.29 is 22.4 Å². The zero-order chi connectivity index (χ0) is 25.2. The maximum atomic E-state index is 14.0. The Hall–Kier alpha value is -3.36. The van der Waals surface area contributed by atoms with Crippen LogP contribution in [-0.4, -0.2) is 37.6 Å². The Labute approximate surface area is 201 Å². The van der Waals surface area contributed by atoms with Gasteiger partial charge < -0.3 is 15.5 Å². The van der Waals surface area contributed by atoms with Crippen LogP contribution in [0.4, 0.5) is 29.1 Å². The van der Waals surface area contributed by atoms with E-state index < -0.39 is 29.0 Å². The SMILES string of the molecule is CN(C)c1cc(NC2CCC(CNC(=O)c3cc(C(F)(F)F)ccc3F)CC2)nc2ccccc12. The molecule has 9 heteroatoms. The molecule has 0 unspecified atom stereocenters. The molecule has 0 aliphatic heterocycles. The van der Waals surface area contributed by atoms with Crippen LogP contribution in [0.5, 0.6) is 0 Å². The quantitative estimate of drug-likeness (QED) is 0.427. The van der Waals surface area contributed by atoms with Crippen molar-refractivity contribution in [3.8, 4) is 0 Å². The van der Waals surface area contributed by atoms with Gasteiger partial charge in [-0.2, -0.15) is 13.2 Å². The number of para-hydroxylation sites is 1. The monoisotopic (exact) mass is 488 g/mol. The van der Waals surface area contributed by atoms with Crippen molar-refractivity contribution >= 4 is 28.3 Å². The molecule has 35 heavy (non-hydrogen) atoms. The van der Waals surface area contributed by atoms with Gasteiger partial charge in [0, 0.05) is 43.8 Å². The summed E-state index contributed by atoms with van der Waals surface area (Å²) in [5.41, 5.74) is 0.361. The molecule has 2 aromatic carbocycles. The van der Waals surface area contributed by atoms with Gasteiger partial charge in [0.15, 0.2) is 0 Å². The van der Waals surface area contributed by atoms with Gasteiger partial charge >= 0.3 is 6.18 Å². The summed E-state index contributed by atoms with van der Waals surface area (Å²) in [4.78, 5) is 19.1. The number of rotatable bonds is 6. The molecule has 5 nitrogen and oxygen atoms in total. The van der Waals surface area contributed by atoms with Crippen LogP contribution in [0.1, 0.15) is 41.6 Å². The molecule has 186 valence electrons. The summed E-state index contributed by atoms with van der Waals surface area (Å²) >= 11 is 0. The topological polar surface area (TPSA) is 57.3 Å². The molecule has 4 rings (SSSR count). The molecule has 2 N–H and O–H groups in total. The minimum atomic E-state index is -4.64. The molecule has 1 aliphatic rings. The highest BCUT2D eigenvalue weighted by atomic mass is 19.4. The van der Waals surface area contributed by atoms with Gasteiger partial charge in [-0.05, 0) is 55.9 Å². The van der Waals surface area contributed by atoms with Crippen molar-refractivity contribution in [1.82, 2.24) is 10.3 Å². The maximum Gasteiger partial charge on any atom is 0.416 e. The summed E-state index contributed by atoms with van der Waals surface area (Å²) in [6, 6.07) is 12.1. The summed E-state index contributed by atoms with van der Waals surface area (Å²) in [6.07, 6.45) is -1.25. The van der Waals surface area contributed by atoms with Crippen molar-refractivity contribution in [2.45, 2.75) is 37.9 Å². The minimum absolute atomic E-state index is 0.174. The predicted molar refractivity (Wildman–Crippen MR) is 129 cm³/mol. The number of carbonyl (C=O) groups excluding carboxylic acids is 1. The third kappa shape index (κ3) is 5.83. The largest absolute Gasteiger partial charge is 0.416 e. The van der Waals surface area contributed by atoms with E-state index in [1.54, 1.807) is 0 Å². The first kappa shape index (κ1) is 24.8. The number of hydrogen-bond acceptors (Lipinski definition) is 4. The van der Waals surface area contributed by atoms with Gasteiger partial charge in [-0.1, -0.05) is 18.2 Å². The van der Waals surface area contributed by atoms with E-state index in [2.05, 4.69) is 15.5 Å². The van der Waals surface area contributed by atoms with Crippen LogP contribution in [0.2, 0.25) is 0 Å². The van der Waals surface area contributed by atoms with E-state index in [0.717, 1.165) is 48.1 Å². The van der Waals surface area contributed by atoms with Crippen molar-refractivity contribution in [3.63, 3.8) is 0 Å². The average molecular weight is 489 g/mol. The van der Waals surface area contributed by atoms with Crippen LogP contribution in [0, 0.1) is 11.7 Å². The van der Waals surface area contributed by atoms with Crippen LogP contribution >= 0.6 is 0 Å². The van der Waals surface area contributed by atoms with Gasteiger partial charge in [0.2, 0.25) is 0 Å². The molecule has 0 atom stereocenters. The van der Waals surface area contributed by atoms with Crippen molar-refractivity contribution in [1.29, 1.82) is 0 Å². The number of hydrogen-bond donors (Lipinski definition) is 2. The number of fused-ring (bicyclic) bond motifs is 1. The maximum absolute atomic E-state index is 14.0. The highest BCUT2D eigenvalue weighted by Crippen LogP contribution is 2.32. The summed E-state index contributed by atoms with van der Waals surface area (Å²) in [6.45, 7) is 0.292. The Morgan fingerprint density at radius 2 is 1.77 bits per heavy atom. The van der Waals surface area contributed by atoms with Crippen LogP contribution < -0.4 is 15.5 Å². The molecular formula is C26H28F4N4O. The summed E-state index contributed by atoms with van der Waals surface area (Å²) in [7, 11) is 3.99. The highest BCUT2D eigenvalue weighted by Gasteiger charge is 2.32. The van der Waals surface area contributed by atoms with E-state index in [-0.39, 0.29) is 12.0 Å². The number of amides is 1. The fourth-order valence-electron chi connectivity index (χ4n) is 4.53. The Bertz CT molecular complexity index is 1200. The van der Waals surface area contributed by atoms with Crippen molar-refractivity contribution in [2.75, 3.05) is 30.9 Å². The number of benzene rings is 2. The third-order valence-electron chi connectivity index (χ3n) is 6.46.